The van der Waals surface area contributed by atoms with Gasteiger partial charge >= 0.3 is 0 Å². The lowest BCUT2D eigenvalue weighted by molar-refractivity contribution is 0.338. The zero-order chi connectivity index (χ0) is 12.3. The first-order valence-corrected chi connectivity index (χ1v) is 6.13. The highest BCUT2D eigenvalue weighted by Gasteiger charge is 2.13. The Balaban J connectivity index is 3.04. The van der Waals surface area contributed by atoms with E-state index < -0.39 is 0 Å². The molecule has 0 saturated carbocycles. The summed E-state index contributed by atoms with van der Waals surface area (Å²) in [6.07, 6.45) is 0. The molecule has 1 rings (SSSR count). The molecule has 0 aliphatic rings. The molecule has 0 heterocycles. The van der Waals surface area contributed by atoms with Crippen molar-refractivity contribution in [1.82, 2.24) is 0 Å². The molecular formula is C12H19BrN2O. The molecular weight excluding hydrogens is 268 g/mol. The molecule has 0 amide bonds. The first-order valence-electron chi connectivity index (χ1n) is 5.33. The van der Waals surface area contributed by atoms with E-state index in [9.17, 15) is 0 Å². The minimum atomic E-state index is -0.0224. The molecule has 0 unspecified atom stereocenters. The molecule has 0 saturated heterocycles. The highest BCUT2D eigenvalue weighted by Crippen LogP contribution is 2.34. The van der Waals surface area contributed by atoms with Gasteiger partial charge in [-0.3, -0.25) is 0 Å². The SMILES string of the molecule is CCOc1cc(NC(C)(C)C)c(N)cc1Br. The van der Waals surface area contributed by atoms with Crippen LogP contribution in [-0.2, 0) is 0 Å². The lowest BCUT2D eigenvalue weighted by Crippen LogP contribution is -2.26. The van der Waals surface area contributed by atoms with E-state index in [4.69, 9.17) is 10.5 Å². The molecule has 0 bridgehead atoms. The Hall–Kier alpha value is -0.900. The Morgan fingerprint density at radius 3 is 2.50 bits per heavy atom. The number of nitrogen functional groups attached to an aromatic ring is 1. The molecule has 4 heteroatoms. The van der Waals surface area contributed by atoms with Crippen LogP contribution in [0.4, 0.5) is 11.4 Å². The summed E-state index contributed by atoms with van der Waals surface area (Å²) in [4.78, 5) is 0. The van der Waals surface area contributed by atoms with Crippen molar-refractivity contribution < 1.29 is 4.74 Å². The summed E-state index contributed by atoms with van der Waals surface area (Å²) in [5.41, 5.74) is 7.54. The van der Waals surface area contributed by atoms with Crippen LogP contribution < -0.4 is 15.8 Å². The van der Waals surface area contributed by atoms with Crippen LogP contribution in [0.1, 0.15) is 27.7 Å². The van der Waals surface area contributed by atoms with Crippen molar-refractivity contribution in [2.24, 2.45) is 0 Å². The molecule has 3 N–H and O–H groups in total. The van der Waals surface area contributed by atoms with Gasteiger partial charge < -0.3 is 15.8 Å². The summed E-state index contributed by atoms with van der Waals surface area (Å²) >= 11 is 3.43. The van der Waals surface area contributed by atoms with Crippen LogP contribution in [0.5, 0.6) is 5.75 Å². The zero-order valence-electron chi connectivity index (χ0n) is 10.2. The molecule has 0 fully saturated rings. The molecule has 0 aromatic heterocycles. The topological polar surface area (TPSA) is 47.3 Å². The molecule has 90 valence electrons. The Morgan fingerprint density at radius 1 is 1.38 bits per heavy atom. The highest BCUT2D eigenvalue weighted by molar-refractivity contribution is 9.10. The molecule has 0 aliphatic heterocycles. The van der Waals surface area contributed by atoms with E-state index in [2.05, 4.69) is 42.0 Å². The van der Waals surface area contributed by atoms with Gasteiger partial charge in [0.25, 0.3) is 0 Å². The van der Waals surface area contributed by atoms with E-state index in [1.165, 1.54) is 0 Å². The molecule has 0 radical (unpaired) electrons. The molecule has 0 atom stereocenters. The normalized spacial score (nSPS) is 11.3. The molecule has 0 spiro atoms. The predicted molar refractivity (Wildman–Crippen MR) is 73.1 cm³/mol. The maximum Gasteiger partial charge on any atom is 0.135 e. The van der Waals surface area contributed by atoms with Gasteiger partial charge in [0.05, 0.1) is 22.5 Å². The van der Waals surface area contributed by atoms with Crippen molar-refractivity contribution in [3.63, 3.8) is 0 Å². The van der Waals surface area contributed by atoms with Gasteiger partial charge in [0.1, 0.15) is 5.75 Å². The van der Waals surface area contributed by atoms with Crippen LogP contribution in [-0.4, -0.2) is 12.1 Å². The third-order valence-corrected chi connectivity index (χ3v) is 2.53. The van der Waals surface area contributed by atoms with Gasteiger partial charge in [-0.15, -0.1) is 0 Å². The van der Waals surface area contributed by atoms with Crippen LogP contribution in [0.15, 0.2) is 16.6 Å². The number of nitrogens with one attached hydrogen (secondary N) is 1. The summed E-state index contributed by atoms with van der Waals surface area (Å²) in [5.74, 6) is 0.809. The predicted octanol–water partition coefficient (Wildman–Crippen LogP) is 3.64. The van der Waals surface area contributed by atoms with E-state index in [1.807, 2.05) is 19.1 Å². The number of nitrogens with two attached hydrogens (primary N) is 1. The minimum absolute atomic E-state index is 0.0224. The maximum absolute atomic E-state index is 5.95. The van der Waals surface area contributed by atoms with E-state index >= 15 is 0 Å². The Bertz CT molecular complexity index is 372. The Morgan fingerprint density at radius 2 is 2.00 bits per heavy atom. The summed E-state index contributed by atoms with van der Waals surface area (Å²) in [5, 5.41) is 3.35. The first kappa shape index (κ1) is 13.2. The van der Waals surface area contributed by atoms with Gasteiger partial charge in [-0.1, -0.05) is 0 Å². The Labute approximate surface area is 105 Å². The summed E-state index contributed by atoms with van der Waals surface area (Å²) < 4.78 is 6.39. The number of benzene rings is 1. The van der Waals surface area contributed by atoms with Crippen LogP contribution in [0.2, 0.25) is 0 Å². The second-order valence-electron chi connectivity index (χ2n) is 4.68. The average molecular weight is 287 g/mol. The second-order valence-corrected chi connectivity index (χ2v) is 5.53. The van der Waals surface area contributed by atoms with Gasteiger partial charge in [-0.25, -0.2) is 0 Å². The van der Waals surface area contributed by atoms with Gasteiger partial charge in [0, 0.05) is 11.6 Å². The third kappa shape index (κ3) is 3.59. The molecule has 3 nitrogen and oxygen atoms in total. The van der Waals surface area contributed by atoms with Crippen LogP contribution in [0.25, 0.3) is 0 Å². The lowest BCUT2D eigenvalue weighted by atomic mass is 10.1. The third-order valence-electron chi connectivity index (χ3n) is 1.91. The van der Waals surface area contributed by atoms with Crippen molar-refractivity contribution in [1.29, 1.82) is 0 Å². The van der Waals surface area contributed by atoms with Crippen LogP contribution in [0.3, 0.4) is 0 Å². The number of hydrogen-bond donors (Lipinski definition) is 2. The van der Waals surface area contributed by atoms with Crippen LogP contribution >= 0.6 is 15.9 Å². The van der Waals surface area contributed by atoms with Gasteiger partial charge in [-0.2, -0.15) is 0 Å². The summed E-state index contributed by atoms with van der Waals surface area (Å²) in [6.45, 7) is 8.87. The minimum Gasteiger partial charge on any atom is -0.493 e. The fourth-order valence-corrected chi connectivity index (χ4v) is 1.82. The maximum atomic E-state index is 5.95. The standard InChI is InChI=1S/C12H19BrN2O/c1-5-16-11-7-10(15-12(2,3)4)9(14)6-8(11)13/h6-7,15H,5,14H2,1-4H3. The number of ether oxygens (including phenoxy) is 1. The van der Waals surface area contributed by atoms with Crippen molar-refractivity contribution in [3.8, 4) is 5.75 Å². The van der Waals surface area contributed by atoms with Crippen LogP contribution in [0, 0.1) is 0 Å². The lowest BCUT2D eigenvalue weighted by Gasteiger charge is -2.24. The smallest absolute Gasteiger partial charge is 0.135 e. The van der Waals surface area contributed by atoms with Gasteiger partial charge in [0.15, 0.2) is 0 Å². The first-order chi connectivity index (χ1) is 7.33. The quantitative estimate of drug-likeness (QED) is 0.834. The fourth-order valence-electron chi connectivity index (χ4n) is 1.35. The molecule has 1 aromatic rings. The molecule has 0 aliphatic carbocycles. The van der Waals surface area contributed by atoms with Crippen molar-refractivity contribution >= 4 is 27.3 Å². The van der Waals surface area contributed by atoms with E-state index in [1.54, 1.807) is 0 Å². The Kier molecular flexibility index (Phi) is 4.08. The average Bonchev–Trinajstić information content (AvgIpc) is 2.11. The van der Waals surface area contributed by atoms with Crippen molar-refractivity contribution in [2.45, 2.75) is 33.2 Å². The van der Waals surface area contributed by atoms with E-state index in [0.717, 1.165) is 15.9 Å². The highest BCUT2D eigenvalue weighted by atomic mass is 79.9. The number of anilines is 2. The fraction of sp³-hybridized carbons (Fsp3) is 0.500. The van der Waals surface area contributed by atoms with Crippen molar-refractivity contribution in [3.05, 3.63) is 16.6 Å². The monoisotopic (exact) mass is 286 g/mol. The summed E-state index contributed by atoms with van der Waals surface area (Å²) in [7, 11) is 0. The van der Waals surface area contributed by atoms with E-state index in [0.29, 0.717) is 12.3 Å². The number of rotatable bonds is 3. The van der Waals surface area contributed by atoms with Gasteiger partial charge in [0.2, 0.25) is 0 Å². The summed E-state index contributed by atoms with van der Waals surface area (Å²) in [6, 6.07) is 3.78. The number of halogens is 1. The van der Waals surface area contributed by atoms with Gasteiger partial charge in [-0.05, 0) is 49.7 Å². The largest absolute Gasteiger partial charge is 0.493 e. The second kappa shape index (κ2) is 4.95. The number of hydrogen-bond acceptors (Lipinski definition) is 3. The zero-order valence-corrected chi connectivity index (χ0v) is 11.8. The van der Waals surface area contributed by atoms with E-state index in [-0.39, 0.29) is 5.54 Å². The van der Waals surface area contributed by atoms with Crippen molar-refractivity contribution in [2.75, 3.05) is 17.7 Å². The molecule has 1 aromatic carbocycles. The molecule has 16 heavy (non-hydrogen) atoms.